The highest BCUT2D eigenvalue weighted by molar-refractivity contribution is 14.1. The van der Waals surface area contributed by atoms with Gasteiger partial charge in [0.25, 0.3) is 0 Å². The Bertz CT molecular complexity index is 632. The summed E-state index contributed by atoms with van der Waals surface area (Å²) in [6.07, 6.45) is 2.66. The maximum atomic E-state index is 6.38. The van der Waals surface area contributed by atoms with Gasteiger partial charge in [0.15, 0.2) is 0 Å². The molecular formula is C16H21ClIN3. The minimum absolute atomic E-state index is 0.0731. The van der Waals surface area contributed by atoms with E-state index in [2.05, 4.69) is 57.2 Å². The molecule has 1 aromatic carbocycles. The Balaban J connectivity index is 1.99. The molecule has 114 valence electrons. The highest BCUT2D eigenvalue weighted by Crippen LogP contribution is 2.29. The van der Waals surface area contributed by atoms with Gasteiger partial charge in [0.2, 0.25) is 0 Å². The zero-order chi connectivity index (χ0) is 15.0. The van der Waals surface area contributed by atoms with E-state index in [0.29, 0.717) is 6.04 Å². The van der Waals surface area contributed by atoms with Crippen molar-refractivity contribution in [2.75, 3.05) is 19.6 Å². The van der Waals surface area contributed by atoms with Crippen molar-refractivity contribution in [3.05, 3.63) is 27.6 Å². The van der Waals surface area contributed by atoms with Gasteiger partial charge in [0.1, 0.15) is 5.82 Å². The van der Waals surface area contributed by atoms with Crippen molar-refractivity contribution in [1.82, 2.24) is 14.5 Å². The van der Waals surface area contributed by atoms with Crippen molar-refractivity contribution < 1.29 is 0 Å². The van der Waals surface area contributed by atoms with Gasteiger partial charge in [-0.1, -0.05) is 0 Å². The fourth-order valence-electron chi connectivity index (χ4n) is 3.25. The zero-order valence-electron chi connectivity index (χ0n) is 12.5. The predicted octanol–water partition coefficient (Wildman–Crippen LogP) is 4.60. The first kappa shape index (κ1) is 15.6. The molecule has 2 aromatic rings. The zero-order valence-corrected chi connectivity index (χ0v) is 15.4. The summed E-state index contributed by atoms with van der Waals surface area (Å²) >= 11 is 8.71. The van der Waals surface area contributed by atoms with Gasteiger partial charge in [0.05, 0.1) is 16.4 Å². The number of hydrogen-bond donors (Lipinski definition) is 0. The molecule has 1 aliphatic rings. The smallest absolute Gasteiger partial charge is 0.128 e. The lowest BCUT2D eigenvalue weighted by molar-refractivity contribution is 0.287. The van der Waals surface area contributed by atoms with Crippen LogP contribution in [-0.2, 0) is 0 Å². The summed E-state index contributed by atoms with van der Waals surface area (Å²) in [4.78, 5) is 7.32. The Labute approximate surface area is 144 Å². The third-order valence-corrected chi connectivity index (χ3v) is 5.06. The Hall–Kier alpha value is -0.330. The molecule has 1 fully saturated rings. The van der Waals surface area contributed by atoms with Crippen LogP contribution in [0.25, 0.3) is 11.0 Å². The molecule has 5 heteroatoms. The lowest BCUT2D eigenvalue weighted by Crippen LogP contribution is -2.28. The number of fused-ring (bicyclic) bond motifs is 1. The molecular weight excluding hydrogens is 397 g/mol. The summed E-state index contributed by atoms with van der Waals surface area (Å²) in [5.41, 5.74) is 2.25. The lowest BCUT2D eigenvalue weighted by Gasteiger charge is -2.24. The number of hydrogen-bond acceptors (Lipinski definition) is 2. The summed E-state index contributed by atoms with van der Waals surface area (Å²) in [5, 5.41) is -0.0731. The first-order chi connectivity index (χ1) is 10.1. The van der Waals surface area contributed by atoms with E-state index in [-0.39, 0.29) is 5.38 Å². The standard InChI is InChI=1S/C16H21ClIN3/c1-11(10-20-7-3-4-8-20)21-15-6-5-13(18)9-14(15)19-16(21)12(2)17/h5-6,9,11-12H,3-4,7-8,10H2,1-2H3. The minimum atomic E-state index is -0.0731. The molecule has 0 saturated carbocycles. The third-order valence-electron chi connectivity index (χ3n) is 4.20. The Morgan fingerprint density at radius 3 is 2.67 bits per heavy atom. The van der Waals surface area contributed by atoms with Gasteiger partial charge in [-0.25, -0.2) is 4.98 Å². The largest absolute Gasteiger partial charge is 0.323 e. The lowest BCUT2D eigenvalue weighted by atomic mass is 10.2. The molecule has 2 atom stereocenters. The minimum Gasteiger partial charge on any atom is -0.323 e. The van der Waals surface area contributed by atoms with Gasteiger partial charge in [-0.15, -0.1) is 11.6 Å². The average molecular weight is 418 g/mol. The van der Waals surface area contributed by atoms with E-state index in [4.69, 9.17) is 16.6 Å². The molecule has 2 heterocycles. The monoisotopic (exact) mass is 417 g/mol. The molecule has 3 nitrogen and oxygen atoms in total. The molecule has 0 N–H and O–H groups in total. The topological polar surface area (TPSA) is 21.1 Å². The molecule has 21 heavy (non-hydrogen) atoms. The Kier molecular flexibility index (Phi) is 4.76. The van der Waals surface area contributed by atoms with Crippen molar-refractivity contribution in [1.29, 1.82) is 0 Å². The molecule has 3 rings (SSSR count). The van der Waals surface area contributed by atoms with Gasteiger partial charge >= 0.3 is 0 Å². The van der Waals surface area contributed by atoms with Crippen LogP contribution in [0.4, 0.5) is 0 Å². The highest BCUT2D eigenvalue weighted by Gasteiger charge is 2.22. The number of nitrogens with zero attached hydrogens (tertiary/aromatic N) is 3. The summed E-state index contributed by atoms with van der Waals surface area (Å²) in [6, 6.07) is 6.85. The van der Waals surface area contributed by atoms with Crippen LogP contribution in [0.15, 0.2) is 18.2 Å². The second kappa shape index (κ2) is 6.42. The summed E-state index contributed by atoms with van der Waals surface area (Å²) in [7, 11) is 0. The first-order valence-electron chi connectivity index (χ1n) is 7.60. The SMILES string of the molecule is CC(Cl)c1nc2cc(I)ccc2n1C(C)CN1CCCC1. The number of rotatable bonds is 4. The maximum Gasteiger partial charge on any atom is 0.128 e. The van der Waals surface area contributed by atoms with E-state index in [1.165, 1.54) is 35.0 Å². The van der Waals surface area contributed by atoms with Crippen LogP contribution in [0, 0.1) is 3.57 Å². The van der Waals surface area contributed by atoms with Crippen LogP contribution < -0.4 is 0 Å². The van der Waals surface area contributed by atoms with Crippen molar-refractivity contribution in [3.8, 4) is 0 Å². The summed E-state index contributed by atoms with van der Waals surface area (Å²) in [5.74, 6) is 0.986. The van der Waals surface area contributed by atoms with Gasteiger partial charge < -0.3 is 9.47 Å². The molecule has 0 aliphatic carbocycles. The fourth-order valence-corrected chi connectivity index (χ4v) is 3.88. The van der Waals surface area contributed by atoms with Crippen LogP contribution >= 0.6 is 34.2 Å². The van der Waals surface area contributed by atoms with Gasteiger partial charge in [-0.2, -0.15) is 0 Å². The van der Waals surface area contributed by atoms with Crippen molar-refractivity contribution in [2.45, 2.75) is 38.1 Å². The van der Waals surface area contributed by atoms with E-state index in [1.54, 1.807) is 0 Å². The number of halogens is 2. The fraction of sp³-hybridized carbons (Fsp3) is 0.562. The average Bonchev–Trinajstić information content (AvgIpc) is 3.04. The Morgan fingerprint density at radius 1 is 1.29 bits per heavy atom. The molecule has 0 amide bonds. The normalized spacial score (nSPS) is 19.2. The second-order valence-corrected chi connectivity index (χ2v) is 7.85. The number of likely N-dealkylation sites (tertiary alicyclic amines) is 1. The highest BCUT2D eigenvalue weighted by atomic mass is 127. The molecule has 1 aromatic heterocycles. The van der Waals surface area contributed by atoms with Crippen LogP contribution in [0.5, 0.6) is 0 Å². The quantitative estimate of drug-likeness (QED) is 0.535. The number of alkyl halides is 1. The summed E-state index contributed by atoms with van der Waals surface area (Å²) in [6.45, 7) is 7.81. The molecule has 0 radical (unpaired) electrons. The van der Waals surface area contributed by atoms with E-state index < -0.39 is 0 Å². The van der Waals surface area contributed by atoms with E-state index in [1.807, 2.05) is 6.92 Å². The van der Waals surface area contributed by atoms with Crippen LogP contribution in [0.1, 0.15) is 43.9 Å². The maximum absolute atomic E-state index is 6.38. The number of benzene rings is 1. The van der Waals surface area contributed by atoms with Gasteiger partial charge in [0, 0.05) is 16.2 Å². The van der Waals surface area contributed by atoms with Crippen LogP contribution in [0.3, 0.4) is 0 Å². The molecule has 1 aliphatic heterocycles. The molecule has 0 spiro atoms. The third kappa shape index (κ3) is 3.22. The molecule has 1 saturated heterocycles. The van der Waals surface area contributed by atoms with Gasteiger partial charge in [-0.05, 0) is 80.6 Å². The van der Waals surface area contributed by atoms with Crippen LogP contribution in [-0.4, -0.2) is 34.1 Å². The summed E-state index contributed by atoms with van der Waals surface area (Å²) < 4.78 is 3.55. The second-order valence-electron chi connectivity index (χ2n) is 5.95. The number of aromatic nitrogens is 2. The first-order valence-corrected chi connectivity index (χ1v) is 9.11. The number of imidazole rings is 1. The van der Waals surface area contributed by atoms with Crippen molar-refractivity contribution in [2.24, 2.45) is 0 Å². The molecule has 0 bridgehead atoms. The van der Waals surface area contributed by atoms with E-state index in [9.17, 15) is 0 Å². The van der Waals surface area contributed by atoms with Crippen molar-refractivity contribution >= 4 is 45.2 Å². The van der Waals surface area contributed by atoms with E-state index in [0.717, 1.165) is 17.9 Å². The predicted molar refractivity (Wildman–Crippen MR) is 97.1 cm³/mol. The van der Waals surface area contributed by atoms with Crippen LogP contribution in [0.2, 0.25) is 0 Å². The van der Waals surface area contributed by atoms with E-state index >= 15 is 0 Å². The molecule has 2 unspecified atom stereocenters. The van der Waals surface area contributed by atoms with Crippen molar-refractivity contribution in [3.63, 3.8) is 0 Å². The Morgan fingerprint density at radius 2 is 2.00 bits per heavy atom. The van der Waals surface area contributed by atoms with Gasteiger partial charge in [-0.3, -0.25) is 0 Å².